The molecule has 2 N–H and O–H groups in total. The molecule has 0 saturated heterocycles. The number of hydrogen-bond donors (Lipinski definition) is 2. The van der Waals surface area contributed by atoms with Gasteiger partial charge >= 0.3 is 0 Å². The first-order valence-corrected chi connectivity index (χ1v) is 9.62. The molecule has 4 rings (SSSR count). The summed E-state index contributed by atoms with van der Waals surface area (Å²) in [5.41, 5.74) is 3.14. The largest absolute Gasteiger partial charge is 0.507 e. The van der Waals surface area contributed by atoms with Gasteiger partial charge in [0.1, 0.15) is 36.7 Å². The highest BCUT2D eigenvalue weighted by molar-refractivity contribution is 5.88. The van der Waals surface area contributed by atoms with Gasteiger partial charge in [-0.2, -0.15) is 5.10 Å². The molecule has 0 saturated carbocycles. The summed E-state index contributed by atoms with van der Waals surface area (Å²) in [6.45, 7) is 2.89. The standard InChI is InChI=1S/C23H24N4O2/c1-16(17-4-8-19(9-5-17)27-15-24-14-25-27)26(2)13-22-21-12-20(29-3)10-6-18(21)7-11-23(22)28/h4-12,14-16,28H,13H2,1-3H3/p+1/t16-/m0/s1. The maximum atomic E-state index is 10.5. The predicted octanol–water partition coefficient (Wildman–Crippen LogP) is 2.91. The SMILES string of the molecule is COc1ccc2ccc(O)c(C[NH+](C)[C@@H](C)c3ccc(-n4cncn4)cc3)c2c1. The van der Waals surface area contributed by atoms with Crippen molar-refractivity contribution in [2.24, 2.45) is 0 Å². The third kappa shape index (κ3) is 3.79. The zero-order valence-electron chi connectivity index (χ0n) is 16.8. The number of hydrogen-bond acceptors (Lipinski definition) is 4. The lowest BCUT2D eigenvalue weighted by molar-refractivity contribution is -0.923. The molecular weight excluding hydrogens is 364 g/mol. The molecule has 0 radical (unpaired) electrons. The van der Waals surface area contributed by atoms with Crippen molar-refractivity contribution < 1.29 is 14.7 Å². The molecule has 0 fully saturated rings. The fraction of sp³-hybridized carbons (Fsp3) is 0.217. The molecule has 0 bridgehead atoms. The van der Waals surface area contributed by atoms with Gasteiger partial charge in [0, 0.05) is 5.56 Å². The monoisotopic (exact) mass is 389 g/mol. The van der Waals surface area contributed by atoms with Crippen LogP contribution in [0.1, 0.15) is 24.1 Å². The lowest BCUT2D eigenvalue weighted by Crippen LogP contribution is -3.07. The Labute approximate surface area is 170 Å². The minimum absolute atomic E-state index is 0.250. The van der Waals surface area contributed by atoms with Crippen LogP contribution in [-0.4, -0.2) is 34.0 Å². The summed E-state index contributed by atoms with van der Waals surface area (Å²) in [5, 5.41) is 16.8. The first-order chi connectivity index (χ1) is 14.1. The number of phenolic OH excluding ortho intramolecular Hbond substituents is 1. The van der Waals surface area contributed by atoms with Gasteiger partial charge < -0.3 is 14.7 Å². The molecule has 4 aromatic rings. The summed E-state index contributed by atoms with van der Waals surface area (Å²) in [5.74, 6) is 1.11. The molecule has 148 valence electrons. The van der Waals surface area contributed by atoms with Crippen molar-refractivity contribution in [1.82, 2.24) is 14.8 Å². The average molecular weight is 389 g/mol. The quantitative estimate of drug-likeness (QED) is 0.532. The van der Waals surface area contributed by atoms with Gasteiger partial charge in [-0.25, -0.2) is 9.67 Å². The maximum absolute atomic E-state index is 10.5. The Morgan fingerprint density at radius 1 is 1.10 bits per heavy atom. The minimum Gasteiger partial charge on any atom is -0.507 e. The van der Waals surface area contributed by atoms with Crippen molar-refractivity contribution >= 4 is 10.8 Å². The van der Waals surface area contributed by atoms with Crippen molar-refractivity contribution in [3.8, 4) is 17.2 Å². The molecule has 0 spiro atoms. The zero-order chi connectivity index (χ0) is 20.4. The van der Waals surface area contributed by atoms with E-state index in [0.717, 1.165) is 27.8 Å². The van der Waals surface area contributed by atoms with Crippen LogP contribution in [0.15, 0.2) is 67.3 Å². The summed E-state index contributed by atoms with van der Waals surface area (Å²) >= 11 is 0. The second-order valence-corrected chi connectivity index (χ2v) is 7.33. The van der Waals surface area contributed by atoms with E-state index in [-0.39, 0.29) is 6.04 Å². The Hall–Kier alpha value is -3.38. The third-order valence-corrected chi connectivity index (χ3v) is 5.59. The van der Waals surface area contributed by atoms with Gasteiger partial charge in [-0.1, -0.05) is 24.3 Å². The van der Waals surface area contributed by atoms with Crippen LogP contribution in [0.25, 0.3) is 16.5 Å². The summed E-state index contributed by atoms with van der Waals surface area (Å²) in [6.07, 6.45) is 3.22. The normalized spacial score (nSPS) is 13.3. The summed E-state index contributed by atoms with van der Waals surface area (Å²) in [6, 6.07) is 18.3. The lowest BCUT2D eigenvalue weighted by atomic mass is 10.0. The van der Waals surface area contributed by atoms with E-state index in [1.807, 2.05) is 36.4 Å². The van der Waals surface area contributed by atoms with Crippen molar-refractivity contribution in [3.05, 3.63) is 78.4 Å². The van der Waals surface area contributed by atoms with Gasteiger partial charge in [-0.05, 0) is 48.0 Å². The molecule has 0 aliphatic heterocycles. The van der Waals surface area contributed by atoms with Gasteiger partial charge in [-0.15, -0.1) is 0 Å². The molecule has 1 aromatic heterocycles. The highest BCUT2D eigenvalue weighted by Gasteiger charge is 2.19. The van der Waals surface area contributed by atoms with Crippen molar-refractivity contribution in [3.63, 3.8) is 0 Å². The number of benzene rings is 3. The molecule has 3 aromatic carbocycles. The van der Waals surface area contributed by atoms with Crippen molar-refractivity contribution in [2.45, 2.75) is 19.5 Å². The van der Waals surface area contributed by atoms with Crippen LogP contribution in [0.3, 0.4) is 0 Å². The van der Waals surface area contributed by atoms with Crippen molar-refractivity contribution in [1.29, 1.82) is 0 Å². The minimum atomic E-state index is 0.250. The van der Waals surface area contributed by atoms with E-state index in [2.05, 4.69) is 36.2 Å². The highest BCUT2D eigenvalue weighted by atomic mass is 16.5. The van der Waals surface area contributed by atoms with Crippen LogP contribution in [0.4, 0.5) is 0 Å². The summed E-state index contributed by atoms with van der Waals surface area (Å²) < 4.78 is 7.12. The number of rotatable bonds is 6. The van der Waals surface area contributed by atoms with E-state index in [0.29, 0.717) is 12.3 Å². The molecule has 29 heavy (non-hydrogen) atoms. The number of methoxy groups -OCH3 is 1. The molecule has 0 amide bonds. The Bertz CT molecular complexity index is 1110. The van der Waals surface area contributed by atoms with Crippen molar-refractivity contribution in [2.75, 3.05) is 14.2 Å². The van der Waals surface area contributed by atoms with E-state index in [1.165, 1.54) is 16.8 Å². The van der Waals surface area contributed by atoms with Crippen LogP contribution in [0.5, 0.6) is 11.5 Å². The number of fused-ring (bicyclic) bond motifs is 1. The number of aromatic nitrogens is 3. The van der Waals surface area contributed by atoms with Gasteiger partial charge in [-0.3, -0.25) is 0 Å². The van der Waals surface area contributed by atoms with Gasteiger partial charge in [0.2, 0.25) is 0 Å². The topological polar surface area (TPSA) is 64.6 Å². The first-order valence-electron chi connectivity index (χ1n) is 9.62. The Morgan fingerprint density at radius 2 is 1.86 bits per heavy atom. The molecule has 6 heteroatoms. The van der Waals surface area contributed by atoms with Crippen LogP contribution < -0.4 is 9.64 Å². The molecule has 0 aliphatic rings. The Kier molecular flexibility index (Phi) is 5.18. The second kappa shape index (κ2) is 7.93. The summed E-state index contributed by atoms with van der Waals surface area (Å²) in [7, 11) is 3.81. The van der Waals surface area contributed by atoms with Gasteiger partial charge in [0.05, 0.1) is 25.4 Å². The van der Waals surface area contributed by atoms with Gasteiger partial charge in [0.15, 0.2) is 0 Å². The molecular formula is C23H25N4O2+. The third-order valence-electron chi connectivity index (χ3n) is 5.59. The molecule has 2 atom stereocenters. The fourth-order valence-electron chi connectivity index (χ4n) is 3.64. The van der Waals surface area contributed by atoms with Crippen LogP contribution in [-0.2, 0) is 6.54 Å². The van der Waals surface area contributed by atoms with E-state index in [9.17, 15) is 5.11 Å². The molecule has 1 unspecified atom stereocenters. The molecule has 0 aliphatic carbocycles. The van der Waals surface area contributed by atoms with Crippen LogP contribution in [0.2, 0.25) is 0 Å². The number of nitrogens with zero attached hydrogens (tertiary/aromatic N) is 3. The first kappa shape index (κ1) is 19.0. The van der Waals surface area contributed by atoms with Gasteiger partial charge in [0.25, 0.3) is 0 Å². The average Bonchev–Trinajstić information content (AvgIpc) is 3.30. The van der Waals surface area contributed by atoms with Crippen LogP contribution in [0, 0.1) is 0 Å². The van der Waals surface area contributed by atoms with Crippen LogP contribution >= 0.6 is 0 Å². The van der Waals surface area contributed by atoms with E-state index < -0.39 is 0 Å². The number of ether oxygens (including phenoxy) is 1. The number of quaternary nitrogens is 1. The number of nitrogens with one attached hydrogen (secondary N) is 1. The molecule has 1 heterocycles. The van der Waals surface area contributed by atoms with E-state index >= 15 is 0 Å². The number of aromatic hydroxyl groups is 1. The molecule has 6 nitrogen and oxygen atoms in total. The summed E-state index contributed by atoms with van der Waals surface area (Å²) in [4.78, 5) is 5.27. The fourth-order valence-corrected chi connectivity index (χ4v) is 3.64. The predicted molar refractivity (Wildman–Crippen MR) is 113 cm³/mol. The highest BCUT2D eigenvalue weighted by Crippen LogP contribution is 2.30. The Morgan fingerprint density at radius 3 is 2.55 bits per heavy atom. The lowest BCUT2D eigenvalue weighted by Gasteiger charge is -2.23. The Balaban J connectivity index is 1.59. The van der Waals surface area contributed by atoms with E-state index in [1.54, 1.807) is 24.2 Å². The smallest absolute Gasteiger partial charge is 0.138 e. The maximum Gasteiger partial charge on any atom is 0.138 e. The number of phenols is 1. The zero-order valence-corrected chi connectivity index (χ0v) is 16.8. The second-order valence-electron chi connectivity index (χ2n) is 7.33. The van der Waals surface area contributed by atoms with E-state index in [4.69, 9.17) is 4.74 Å².